The first kappa shape index (κ1) is 11.5. The largest absolute Gasteiger partial charge is 0.365 e. The average molecular weight is 245 g/mol. The van der Waals surface area contributed by atoms with E-state index in [9.17, 15) is 0 Å². The van der Waals surface area contributed by atoms with E-state index in [2.05, 4.69) is 41.2 Å². The van der Waals surface area contributed by atoms with Crippen LogP contribution < -0.4 is 0 Å². The van der Waals surface area contributed by atoms with Gasteiger partial charge in [0.25, 0.3) is 0 Å². The summed E-state index contributed by atoms with van der Waals surface area (Å²) in [6, 6.07) is 10.2. The molecule has 0 aliphatic carbocycles. The summed E-state index contributed by atoms with van der Waals surface area (Å²) in [4.78, 5) is 10.3. The maximum Gasteiger partial charge on any atom is 0.213 e. The van der Waals surface area contributed by atoms with Crippen LogP contribution in [0.2, 0.25) is 0 Å². The highest BCUT2D eigenvalue weighted by Crippen LogP contribution is 2.34. The predicted molar refractivity (Wildman–Crippen MR) is 71.3 cm³/mol. The summed E-state index contributed by atoms with van der Waals surface area (Å²) in [7, 11) is 4.24. The first-order chi connectivity index (χ1) is 8.71. The van der Waals surface area contributed by atoms with Crippen LogP contribution in [0, 0.1) is 0 Å². The van der Waals surface area contributed by atoms with Crippen molar-refractivity contribution in [2.45, 2.75) is 18.6 Å². The second-order valence-corrected chi connectivity index (χ2v) is 5.18. The Morgan fingerprint density at radius 2 is 1.78 bits per heavy atom. The minimum Gasteiger partial charge on any atom is -0.365 e. The molecule has 1 saturated heterocycles. The van der Waals surface area contributed by atoms with E-state index in [0.717, 1.165) is 37.3 Å². The second kappa shape index (κ2) is 4.28. The van der Waals surface area contributed by atoms with Crippen LogP contribution in [0.3, 0.4) is 0 Å². The fourth-order valence-electron chi connectivity index (χ4n) is 2.67. The number of hydrogen-bond acceptors (Lipinski definition) is 4. The van der Waals surface area contributed by atoms with E-state index in [0.29, 0.717) is 0 Å². The number of amidine groups is 1. The molecule has 0 unspecified atom stereocenters. The molecule has 0 bridgehead atoms. The molecule has 0 aromatic heterocycles. The van der Waals surface area contributed by atoms with Crippen LogP contribution in [0.15, 0.2) is 35.5 Å². The summed E-state index contributed by atoms with van der Waals surface area (Å²) >= 11 is 0. The van der Waals surface area contributed by atoms with Gasteiger partial charge in [0.1, 0.15) is 0 Å². The number of hydrogen-bond donors (Lipinski definition) is 0. The summed E-state index contributed by atoms with van der Waals surface area (Å²) in [5, 5.41) is 4.31. The van der Waals surface area contributed by atoms with Crippen LogP contribution in [0.1, 0.15) is 18.4 Å². The van der Waals surface area contributed by atoms with E-state index in [1.54, 1.807) is 0 Å². The topological polar surface area (TPSA) is 28.1 Å². The van der Waals surface area contributed by atoms with Gasteiger partial charge in [0, 0.05) is 38.5 Å². The molecule has 0 N–H and O–H groups in total. The number of likely N-dealkylation sites (tertiary alicyclic amines) is 1. The maximum atomic E-state index is 5.80. The molecule has 2 heterocycles. The van der Waals surface area contributed by atoms with Gasteiger partial charge in [-0.1, -0.05) is 35.5 Å². The molecular formula is C14H19N3O. The Morgan fingerprint density at radius 1 is 1.11 bits per heavy atom. The lowest BCUT2D eigenvalue weighted by molar-refractivity contribution is -0.123. The molecule has 2 aliphatic rings. The monoisotopic (exact) mass is 245 g/mol. The molecule has 2 aliphatic heterocycles. The first-order valence-electron chi connectivity index (χ1n) is 6.45. The summed E-state index contributed by atoms with van der Waals surface area (Å²) in [6.07, 6.45) is 2.00. The van der Waals surface area contributed by atoms with Gasteiger partial charge in [0.2, 0.25) is 5.72 Å². The Morgan fingerprint density at radius 3 is 2.44 bits per heavy atom. The third kappa shape index (κ3) is 1.77. The lowest BCUT2D eigenvalue weighted by Crippen LogP contribution is -2.53. The van der Waals surface area contributed by atoms with Gasteiger partial charge in [-0.05, 0) is 7.05 Å². The molecular weight excluding hydrogens is 226 g/mol. The highest BCUT2D eigenvalue weighted by molar-refractivity contribution is 5.99. The molecule has 1 spiro atoms. The number of rotatable bonds is 1. The van der Waals surface area contributed by atoms with Gasteiger partial charge in [0.05, 0.1) is 0 Å². The second-order valence-electron chi connectivity index (χ2n) is 5.18. The van der Waals surface area contributed by atoms with E-state index < -0.39 is 0 Å². The molecule has 4 nitrogen and oxygen atoms in total. The van der Waals surface area contributed by atoms with Crippen LogP contribution in [0.4, 0.5) is 0 Å². The third-order valence-electron chi connectivity index (χ3n) is 4.03. The lowest BCUT2D eigenvalue weighted by Gasteiger charge is -2.40. The number of oxime groups is 1. The van der Waals surface area contributed by atoms with E-state index in [1.165, 1.54) is 0 Å². The standard InChI is InChI=1S/C14H19N3O/c1-16-10-8-14(9-11-16)17(2)13(15-18-14)12-6-4-3-5-7-12/h3-7H,8-11H2,1-2H3. The fraction of sp³-hybridized carbons (Fsp3) is 0.500. The minimum atomic E-state index is -0.225. The first-order valence-corrected chi connectivity index (χ1v) is 6.45. The molecule has 1 aromatic carbocycles. The van der Waals surface area contributed by atoms with Crippen molar-refractivity contribution in [2.75, 3.05) is 27.2 Å². The normalized spacial score (nSPS) is 23.0. The van der Waals surface area contributed by atoms with Crippen molar-refractivity contribution in [3.63, 3.8) is 0 Å². The van der Waals surface area contributed by atoms with Crippen molar-refractivity contribution in [3.05, 3.63) is 35.9 Å². The van der Waals surface area contributed by atoms with Gasteiger partial charge >= 0.3 is 0 Å². The Balaban J connectivity index is 1.82. The molecule has 0 saturated carbocycles. The average Bonchev–Trinajstić information content (AvgIpc) is 2.72. The molecule has 3 rings (SSSR count). The smallest absolute Gasteiger partial charge is 0.213 e. The van der Waals surface area contributed by atoms with Crippen LogP contribution in [0.5, 0.6) is 0 Å². The summed E-state index contributed by atoms with van der Waals surface area (Å²) in [5.41, 5.74) is 0.897. The number of benzene rings is 1. The highest BCUT2D eigenvalue weighted by atomic mass is 16.7. The van der Waals surface area contributed by atoms with E-state index in [4.69, 9.17) is 4.84 Å². The van der Waals surface area contributed by atoms with Crippen LogP contribution in [0.25, 0.3) is 0 Å². The van der Waals surface area contributed by atoms with Crippen molar-refractivity contribution in [2.24, 2.45) is 5.16 Å². The highest BCUT2D eigenvalue weighted by Gasteiger charge is 2.45. The van der Waals surface area contributed by atoms with Crippen LogP contribution in [-0.4, -0.2) is 48.5 Å². The molecule has 4 heteroatoms. The summed E-state index contributed by atoms with van der Waals surface area (Å²) in [6.45, 7) is 2.11. The SMILES string of the molecule is CN1CCC2(CC1)ON=C(c1ccccc1)N2C. The van der Waals surface area contributed by atoms with E-state index in [1.807, 2.05) is 18.2 Å². The van der Waals surface area contributed by atoms with Crippen LogP contribution in [-0.2, 0) is 4.84 Å². The molecule has 1 aromatic rings. The Hall–Kier alpha value is -1.55. The van der Waals surface area contributed by atoms with Gasteiger partial charge in [0.15, 0.2) is 5.84 Å². The maximum absolute atomic E-state index is 5.80. The van der Waals surface area contributed by atoms with Gasteiger partial charge in [-0.25, -0.2) is 0 Å². The molecule has 96 valence electrons. The summed E-state index contributed by atoms with van der Waals surface area (Å²) < 4.78 is 0. The molecule has 0 atom stereocenters. The van der Waals surface area contributed by atoms with E-state index in [-0.39, 0.29) is 5.72 Å². The van der Waals surface area contributed by atoms with Crippen molar-refractivity contribution in [3.8, 4) is 0 Å². The Kier molecular flexibility index (Phi) is 2.74. The fourth-order valence-corrected chi connectivity index (χ4v) is 2.67. The molecule has 0 radical (unpaired) electrons. The lowest BCUT2D eigenvalue weighted by atomic mass is 9.98. The van der Waals surface area contributed by atoms with Gasteiger partial charge in [-0.15, -0.1) is 0 Å². The summed E-state index contributed by atoms with van der Waals surface area (Å²) in [5.74, 6) is 0.945. The Labute approximate surface area is 108 Å². The van der Waals surface area contributed by atoms with Crippen molar-refractivity contribution in [1.29, 1.82) is 0 Å². The number of nitrogens with zero attached hydrogens (tertiary/aromatic N) is 3. The van der Waals surface area contributed by atoms with Crippen molar-refractivity contribution >= 4 is 5.84 Å². The quantitative estimate of drug-likeness (QED) is 0.754. The van der Waals surface area contributed by atoms with Gasteiger partial charge in [-0.2, -0.15) is 0 Å². The number of piperidine rings is 1. The molecule has 1 fully saturated rings. The van der Waals surface area contributed by atoms with Crippen molar-refractivity contribution < 1.29 is 4.84 Å². The zero-order chi connectivity index (χ0) is 12.6. The van der Waals surface area contributed by atoms with Crippen molar-refractivity contribution in [1.82, 2.24) is 9.80 Å². The van der Waals surface area contributed by atoms with Gasteiger partial charge in [-0.3, -0.25) is 0 Å². The zero-order valence-corrected chi connectivity index (χ0v) is 11.0. The Bertz CT molecular complexity index is 449. The minimum absolute atomic E-state index is 0.225. The zero-order valence-electron chi connectivity index (χ0n) is 11.0. The van der Waals surface area contributed by atoms with E-state index >= 15 is 0 Å². The third-order valence-corrected chi connectivity index (χ3v) is 4.03. The predicted octanol–water partition coefficient (Wildman–Crippen LogP) is 1.73. The molecule has 0 amide bonds. The van der Waals surface area contributed by atoms with Crippen LogP contribution >= 0.6 is 0 Å². The van der Waals surface area contributed by atoms with Gasteiger partial charge < -0.3 is 14.6 Å². The molecule has 18 heavy (non-hydrogen) atoms.